The number of para-hydroxylation sites is 1. The maximum absolute atomic E-state index is 12.6. The third kappa shape index (κ3) is 1.97. The van der Waals surface area contributed by atoms with E-state index in [0.717, 1.165) is 48.0 Å². The molecule has 108 valence electrons. The average Bonchev–Trinajstić information content (AvgIpc) is 2.75. The zero-order valence-corrected chi connectivity index (χ0v) is 12.0. The first-order valence-electron chi connectivity index (χ1n) is 7.76. The van der Waals surface area contributed by atoms with Crippen LogP contribution in [0.25, 0.3) is 10.9 Å². The highest BCUT2D eigenvalue weighted by atomic mass is 16.2. The number of benzene rings is 1. The quantitative estimate of drug-likeness (QED) is 0.774. The van der Waals surface area contributed by atoms with Gasteiger partial charge in [-0.25, -0.2) is 0 Å². The smallest absolute Gasteiger partial charge is 0.250 e. The molecule has 0 atom stereocenters. The third-order valence-corrected chi connectivity index (χ3v) is 4.78. The minimum atomic E-state index is -0.437. The molecule has 4 heteroatoms. The molecule has 1 aromatic carbocycles. The van der Waals surface area contributed by atoms with Gasteiger partial charge in [0.1, 0.15) is 5.54 Å². The molecule has 1 amide bonds. The van der Waals surface area contributed by atoms with Crippen LogP contribution in [-0.4, -0.2) is 16.4 Å². The van der Waals surface area contributed by atoms with Crippen LogP contribution >= 0.6 is 0 Å². The van der Waals surface area contributed by atoms with E-state index in [4.69, 9.17) is 0 Å². The van der Waals surface area contributed by atoms with Crippen LogP contribution in [0.15, 0.2) is 30.5 Å². The normalized spacial score (nSPS) is 20.5. The second kappa shape index (κ2) is 4.72. The zero-order valence-electron chi connectivity index (χ0n) is 12.0. The van der Waals surface area contributed by atoms with E-state index in [-0.39, 0.29) is 5.91 Å². The lowest BCUT2D eigenvalue weighted by atomic mass is 9.86. The molecule has 21 heavy (non-hydrogen) atoms. The molecule has 1 aliphatic carbocycles. The van der Waals surface area contributed by atoms with Gasteiger partial charge in [0.25, 0.3) is 0 Å². The Kier molecular flexibility index (Phi) is 2.84. The molecule has 1 aromatic heterocycles. The first-order chi connectivity index (χ1) is 10.3. The first-order valence-corrected chi connectivity index (χ1v) is 7.76. The fourth-order valence-electron chi connectivity index (χ4n) is 3.59. The lowest BCUT2D eigenvalue weighted by Crippen LogP contribution is -2.52. The van der Waals surface area contributed by atoms with Crippen LogP contribution in [0.5, 0.6) is 0 Å². The fourth-order valence-corrected chi connectivity index (χ4v) is 3.59. The van der Waals surface area contributed by atoms with E-state index in [1.165, 1.54) is 12.8 Å². The number of fused-ring (bicyclic) bond motifs is 3. The molecule has 2 aliphatic rings. The number of nitrogens with one attached hydrogen (secondary N) is 2. The van der Waals surface area contributed by atoms with Gasteiger partial charge < -0.3 is 10.6 Å². The largest absolute Gasteiger partial charge is 0.369 e. The molecule has 4 rings (SSSR count). The Hall–Kier alpha value is -2.10. The van der Waals surface area contributed by atoms with Crippen molar-refractivity contribution < 1.29 is 4.79 Å². The van der Waals surface area contributed by atoms with Crippen molar-refractivity contribution in [2.45, 2.75) is 44.1 Å². The minimum Gasteiger partial charge on any atom is -0.369 e. The number of hydrogen-bond acceptors (Lipinski definition) is 3. The highest BCUT2D eigenvalue weighted by molar-refractivity contribution is 6.11. The Morgan fingerprint density at radius 2 is 1.81 bits per heavy atom. The standard InChI is InChI=1S/C17H19N3O/c21-16-17(9-5-1-2-6-10-17)20-15-12-7-3-4-8-13(12)18-11-14(15)19-16/h3-4,7-8,11,20H,1-2,5-6,9-10H2,(H,19,21). The van der Waals surface area contributed by atoms with Crippen molar-refractivity contribution in [1.29, 1.82) is 0 Å². The van der Waals surface area contributed by atoms with Crippen molar-refractivity contribution in [2.24, 2.45) is 0 Å². The number of anilines is 2. The van der Waals surface area contributed by atoms with Crippen molar-refractivity contribution in [2.75, 3.05) is 10.6 Å². The van der Waals surface area contributed by atoms with Crippen molar-refractivity contribution in [3.8, 4) is 0 Å². The lowest BCUT2D eigenvalue weighted by molar-refractivity contribution is -0.121. The molecule has 2 heterocycles. The highest BCUT2D eigenvalue weighted by Gasteiger charge is 2.42. The van der Waals surface area contributed by atoms with Gasteiger partial charge in [-0.15, -0.1) is 0 Å². The van der Waals surface area contributed by atoms with Gasteiger partial charge in [-0.3, -0.25) is 9.78 Å². The molecule has 0 saturated heterocycles. The number of amides is 1. The minimum absolute atomic E-state index is 0.106. The van der Waals surface area contributed by atoms with E-state index in [1.807, 2.05) is 18.2 Å². The third-order valence-electron chi connectivity index (χ3n) is 4.78. The Morgan fingerprint density at radius 1 is 1.05 bits per heavy atom. The van der Waals surface area contributed by atoms with Gasteiger partial charge in [0.15, 0.2) is 0 Å². The van der Waals surface area contributed by atoms with Crippen molar-refractivity contribution in [3.05, 3.63) is 30.5 Å². The number of pyridine rings is 1. The Morgan fingerprint density at radius 3 is 2.62 bits per heavy atom. The van der Waals surface area contributed by atoms with E-state index in [0.29, 0.717) is 0 Å². The molecule has 1 spiro atoms. The van der Waals surface area contributed by atoms with E-state index < -0.39 is 5.54 Å². The van der Waals surface area contributed by atoms with Crippen LogP contribution in [0, 0.1) is 0 Å². The molecule has 0 radical (unpaired) electrons. The Balaban J connectivity index is 1.84. The fraction of sp³-hybridized carbons (Fsp3) is 0.412. The zero-order chi connectivity index (χ0) is 14.3. The van der Waals surface area contributed by atoms with Crippen molar-refractivity contribution in [3.63, 3.8) is 0 Å². The van der Waals surface area contributed by atoms with Crippen LogP contribution in [0.3, 0.4) is 0 Å². The summed E-state index contributed by atoms with van der Waals surface area (Å²) in [6, 6.07) is 8.08. The van der Waals surface area contributed by atoms with E-state index in [9.17, 15) is 4.79 Å². The van der Waals surface area contributed by atoms with Gasteiger partial charge >= 0.3 is 0 Å². The van der Waals surface area contributed by atoms with Crippen LogP contribution in [0.1, 0.15) is 38.5 Å². The number of hydrogen-bond donors (Lipinski definition) is 2. The number of aromatic nitrogens is 1. The second-order valence-corrected chi connectivity index (χ2v) is 6.14. The molecule has 0 bridgehead atoms. The van der Waals surface area contributed by atoms with E-state index >= 15 is 0 Å². The Bertz CT molecular complexity index is 702. The number of carbonyl (C=O) groups is 1. The predicted octanol–water partition coefficient (Wildman–Crippen LogP) is 3.69. The molecule has 2 aromatic rings. The van der Waals surface area contributed by atoms with Crippen LogP contribution < -0.4 is 10.6 Å². The number of carbonyl (C=O) groups excluding carboxylic acids is 1. The van der Waals surface area contributed by atoms with Crippen LogP contribution in [-0.2, 0) is 4.79 Å². The summed E-state index contributed by atoms with van der Waals surface area (Å²) in [7, 11) is 0. The number of nitrogens with zero attached hydrogens (tertiary/aromatic N) is 1. The summed E-state index contributed by atoms with van der Waals surface area (Å²) in [4.78, 5) is 17.0. The molecular formula is C17H19N3O. The summed E-state index contributed by atoms with van der Waals surface area (Å²) in [5.41, 5.74) is 2.35. The molecule has 4 nitrogen and oxygen atoms in total. The predicted molar refractivity (Wildman–Crippen MR) is 84.4 cm³/mol. The maximum Gasteiger partial charge on any atom is 0.250 e. The maximum atomic E-state index is 12.6. The van der Waals surface area contributed by atoms with Crippen LogP contribution in [0.4, 0.5) is 11.4 Å². The summed E-state index contributed by atoms with van der Waals surface area (Å²) >= 11 is 0. The van der Waals surface area contributed by atoms with Gasteiger partial charge in [-0.1, -0.05) is 43.9 Å². The molecule has 2 N–H and O–H groups in total. The average molecular weight is 281 g/mol. The summed E-state index contributed by atoms with van der Waals surface area (Å²) < 4.78 is 0. The molecule has 1 aliphatic heterocycles. The van der Waals surface area contributed by atoms with Gasteiger partial charge in [0.2, 0.25) is 5.91 Å². The van der Waals surface area contributed by atoms with Crippen molar-refractivity contribution in [1.82, 2.24) is 4.98 Å². The summed E-state index contributed by atoms with van der Waals surface area (Å²) in [6.07, 6.45) is 8.24. The summed E-state index contributed by atoms with van der Waals surface area (Å²) in [5, 5.41) is 7.75. The SMILES string of the molecule is O=C1Nc2cnc3ccccc3c2NC12CCCCCC2. The second-order valence-electron chi connectivity index (χ2n) is 6.14. The van der Waals surface area contributed by atoms with Gasteiger partial charge in [0, 0.05) is 5.39 Å². The van der Waals surface area contributed by atoms with Gasteiger partial charge in [0.05, 0.1) is 23.1 Å². The van der Waals surface area contributed by atoms with Gasteiger partial charge in [-0.2, -0.15) is 0 Å². The number of rotatable bonds is 0. The van der Waals surface area contributed by atoms with Gasteiger partial charge in [-0.05, 0) is 18.9 Å². The van der Waals surface area contributed by atoms with Crippen molar-refractivity contribution >= 4 is 28.2 Å². The van der Waals surface area contributed by atoms with E-state index in [1.54, 1.807) is 6.20 Å². The summed E-state index contributed by atoms with van der Waals surface area (Å²) in [6.45, 7) is 0. The van der Waals surface area contributed by atoms with E-state index in [2.05, 4.69) is 21.7 Å². The monoisotopic (exact) mass is 281 g/mol. The highest BCUT2D eigenvalue weighted by Crippen LogP contribution is 2.41. The molecule has 1 fully saturated rings. The molecule has 0 unspecified atom stereocenters. The first kappa shape index (κ1) is 12.6. The summed E-state index contributed by atoms with van der Waals surface area (Å²) in [5.74, 6) is 0.106. The Labute approximate surface area is 124 Å². The topological polar surface area (TPSA) is 54.0 Å². The van der Waals surface area contributed by atoms with Crippen LogP contribution in [0.2, 0.25) is 0 Å². The molecule has 1 saturated carbocycles. The molecular weight excluding hydrogens is 262 g/mol. The lowest BCUT2D eigenvalue weighted by Gasteiger charge is -2.38.